The van der Waals surface area contributed by atoms with Crippen molar-refractivity contribution in [2.75, 3.05) is 19.5 Å². The van der Waals surface area contributed by atoms with Crippen LogP contribution >= 0.6 is 11.8 Å². The molecular formula is C25H23FN4O3S. The van der Waals surface area contributed by atoms with Gasteiger partial charge in [0.05, 0.1) is 19.5 Å². The molecule has 1 atom stereocenters. The molecule has 1 heterocycles. The number of aromatic nitrogens is 3. The molecule has 0 spiro atoms. The maximum atomic E-state index is 13.6. The van der Waals surface area contributed by atoms with Crippen LogP contribution in [0, 0.1) is 5.82 Å². The number of nitrogens with zero attached hydrogens (tertiary/aromatic N) is 3. The molecule has 4 aromatic rings. The number of carbonyl (C=O) groups is 1. The topological polar surface area (TPSA) is 78.3 Å². The summed E-state index contributed by atoms with van der Waals surface area (Å²) in [6.45, 7) is 1.78. The van der Waals surface area contributed by atoms with Crippen LogP contribution in [0.3, 0.4) is 0 Å². The van der Waals surface area contributed by atoms with Gasteiger partial charge >= 0.3 is 0 Å². The van der Waals surface area contributed by atoms with Gasteiger partial charge < -0.3 is 14.8 Å². The summed E-state index contributed by atoms with van der Waals surface area (Å²) >= 11 is 1.26. The average Bonchev–Trinajstić information content (AvgIpc) is 3.28. The lowest BCUT2D eigenvalue weighted by atomic mass is 10.2. The number of amides is 1. The van der Waals surface area contributed by atoms with Crippen molar-refractivity contribution in [2.45, 2.75) is 17.3 Å². The van der Waals surface area contributed by atoms with Crippen molar-refractivity contribution >= 4 is 23.4 Å². The third kappa shape index (κ3) is 5.04. The van der Waals surface area contributed by atoms with Gasteiger partial charge in [-0.25, -0.2) is 4.39 Å². The predicted molar refractivity (Wildman–Crippen MR) is 130 cm³/mol. The van der Waals surface area contributed by atoms with Crippen molar-refractivity contribution in [1.82, 2.24) is 14.8 Å². The third-order valence-electron chi connectivity index (χ3n) is 5.05. The van der Waals surface area contributed by atoms with Gasteiger partial charge in [0.1, 0.15) is 5.82 Å². The van der Waals surface area contributed by atoms with Gasteiger partial charge in [0.15, 0.2) is 22.5 Å². The molecule has 0 aliphatic heterocycles. The summed E-state index contributed by atoms with van der Waals surface area (Å²) in [6, 6.07) is 20.8. The Morgan fingerprint density at radius 1 is 0.971 bits per heavy atom. The largest absolute Gasteiger partial charge is 0.493 e. The molecule has 0 aliphatic rings. The van der Waals surface area contributed by atoms with E-state index in [9.17, 15) is 9.18 Å². The molecule has 0 saturated heterocycles. The van der Waals surface area contributed by atoms with Crippen molar-refractivity contribution in [3.63, 3.8) is 0 Å². The molecule has 7 nitrogen and oxygen atoms in total. The minimum absolute atomic E-state index is 0.216. The van der Waals surface area contributed by atoms with E-state index in [1.54, 1.807) is 44.4 Å². The molecule has 0 aliphatic carbocycles. The van der Waals surface area contributed by atoms with Crippen LogP contribution in [0.5, 0.6) is 11.5 Å². The number of benzene rings is 3. The minimum Gasteiger partial charge on any atom is -0.493 e. The Bertz CT molecular complexity index is 1280. The number of anilines is 1. The first kappa shape index (κ1) is 23.3. The van der Waals surface area contributed by atoms with Gasteiger partial charge in [-0.2, -0.15) is 0 Å². The zero-order valence-electron chi connectivity index (χ0n) is 18.9. The van der Waals surface area contributed by atoms with Crippen LogP contribution in [0.2, 0.25) is 0 Å². The van der Waals surface area contributed by atoms with Gasteiger partial charge in [0.25, 0.3) is 0 Å². The summed E-state index contributed by atoms with van der Waals surface area (Å²) in [5.41, 5.74) is 2.13. The van der Waals surface area contributed by atoms with Crippen molar-refractivity contribution in [2.24, 2.45) is 0 Å². The Morgan fingerprint density at radius 2 is 1.68 bits per heavy atom. The van der Waals surface area contributed by atoms with Gasteiger partial charge in [-0.3, -0.25) is 9.36 Å². The molecule has 0 fully saturated rings. The molecule has 174 valence electrons. The molecule has 1 N–H and O–H groups in total. The van der Waals surface area contributed by atoms with E-state index in [0.717, 1.165) is 5.56 Å². The molecule has 1 unspecified atom stereocenters. The average molecular weight is 479 g/mol. The fourth-order valence-electron chi connectivity index (χ4n) is 3.31. The van der Waals surface area contributed by atoms with Crippen LogP contribution in [-0.2, 0) is 4.79 Å². The second kappa shape index (κ2) is 10.4. The first-order chi connectivity index (χ1) is 16.5. The Balaban J connectivity index is 1.60. The number of carbonyl (C=O) groups excluding carboxylic acids is 1. The number of rotatable bonds is 8. The van der Waals surface area contributed by atoms with Gasteiger partial charge in [-0.15, -0.1) is 10.2 Å². The molecule has 1 aromatic heterocycles. The number of thioether (sulfide) groups is 1. The fraction of sp³-hybridized carbons (Fsp3) is 0.160. The van der Waals surface area contributed by atoms with Crippen molar-refractivity contribution < 1.29 is 18.7 Å². The van der Waals surface area contributed by atoms with E-state index < -0.39 is 5.25 Å². The van der Waals surface area contributed by atoms with Crippen LogP contribution in [-0.4, -0.2) is 40.1 Å². The maximum Gasteiger partial charge on any atom is 0.237 e. The lowest BCUT2D eigenvalue weighted by molar-refractivity contribution is -0.115. The van der Waals surface area contributed by atoms with E-state index >= 15 is 0 Å². The first-order valence-corrected chi connectivity index (χ1v) is 11.3. The standard InChI is InChI=1S/C25H23FN4O3S/c1-16(24(31)27-19-11-14-21(32-2)22(15-19)33-3)34-25-29-28-23(17-7-5-4-6-8-17)30(25)20-12-9-18(26)10-13-20/h4-16H,1-3H3,(H,27,31). The minimum atomic E-state index is -0.500. The summed E-state index contributed by atoms with van der Waals surface area (Å²) in [5.74, 6) is 1.14. The van der Waals surface area contributed by atoms with E-state index in [-0.39, 0.29) is 11.7 Å². The predicted octanol–water partition coefficient (Wildman–Crippen LogP) is 5.21. The molecule has 9 heteroatoms. The summed E-state index contributed by atoms with van der Waals surface area (Å²) < 4.78 is 25.9. The van der Waals surface area contributed by atoms with E-state index in [4.69, 9.17) is 9.47 Å². The molecule has 0 radical (unpaired) electrons. The SMILES string of the molecule is COc1ccc(NC(=O)C(C)Sc2nnc(-c3ccccc3)n2-c2ccc(F)cc2)cc1OC. The summed E-state index contributed by atoms with van der Waals surface area (Å²) in [4.78, 5) is 12.9. The third-order valence-corrected chi connectivity index (χ3v) is 6.10. The van der Waals surface area contributed by atoms with Crippen LogP contribution in [0.15, 0.2) is 78.0 Å². The highest BCUT2D eigenvalue weighted by atomic mass is 32.2. The van der Waals surface area contributed by atoms with Gasteiger partial charge in [-0.05, 0) is 43.3 Å². The smallest absolute Gasteiger partial charge is 0.237 e. The normalized spacial score (nSPS) is 11.6. The highest BCUT2D eigenvalue weighted by molar-refractivity contribution is 8.00. The quantitative estimate of drug-likeness (QED) is 0.350. The lowest BCUT2D eigenvalue weighted by Crippen LogP contribution is -2.23. The summed E-state index contributed by atoms with van der Waals surface area (Å²) in [7, 11) is 3.09. The van der Waals surface area contributed by atoms with Gasteiger partial charge in [0.2, 0.25) is 5.91 Å². The number of halogens is 1. The van der Waals surface area contributed by atoms with Crippen molar-refractivity contribution in [3.05, 3.63) is 78.6 Å². The van der Waals surface area contributed by atoms with E-state index in [1.165, 1.54) is 31.0 Å². The Labute approximate surface area is 200 Å². The van der Waals surface area contributed by atoms with Crippen LogP contribution < -0.4 is 14.8 Å². The number of hydrogen-bond acceptors (Lipinski definition) is 6. The number of methoxy groups -OCH3 is 2. The maximum absolute atomic E-state index is 13.6. The van der Waals surface area contributed by atoms with Crippen molar-refractivity contribution in [3.8, 4) is 28.6 Å². The van der Waals surface area contributed by atoms with E-state index in [0.29, 0.717) is 33.9 Å². The number of nitrogens with one attached hydrogen (secondary N) is 1. The Kier molecular flexibility index (Phi) is 7.12. The molecule has 3 aromatic carbocycles. The van der Waals surface area contributed by atoms with Gasteiger partial charge in [-0.1, -0.05) is 42.1 Å². The molecule has 4 rings (SSSR count). The van der Waals surface area contributed by atoms with Crippen molar-refractivity contribution in [1.29, 1.82) is 0 Å². The molecular weight excluding hydrogens is 455 g/mol. The Hall–Kier alpha value is -3.85. The first-order valence-electron chi connectivity index (χ1n) is 10.5. The highest BCUT2D eigenvalue weighted by Gasteiger charge is 2.22. The van der Waals surface area contributed by atoms with Crippen LogP contribution in [0.1, 0.15) is 6.92 Å². The zero-order chi connectivity index (χ0) is 24.1. The van der Waals surface area contributed by atoms with Crippen LogP contribution in [0.4, 0.5) is 10.1 Å². The van der Waals surface area contributed by atoms with Gasteiger partial charge in [0, 0.05) is 23.0 Å². The molecule has 0 bridgehead atoms. The van der Waals surface area contributed by atoms with E-state index in [2.05, 4.69) is 15.5 Å². The molecule has 34 heavy (non-hydrogen) atoms. The van der Waals surface area contributed by atoms with E-state index in [1.807, 2.05) is 34.9 Å². The molecule has 0 saturated carbocycles. The highest BCUT2D eigenvalue weighted by Crippen LogP contribution is 2.32. The number of hydrogen-bond donors (Lipinski definition) is 1. The molecule has 1 amide bonds. The lowest BCUT2D eigenvalue weighted by Gasteiger charge is -2.15. The Morgan fingerprint density at radius 3 is 2.35 bits per heavy atom. The summed E-state index contributed by atoms with van der Waals surface area (Å²) in [6.07, 6.45) is 0. The monoisotopic (exact) mass is 478 g/mol. The summed E-state index contributed by atoms with van der Waals surface area (Å²) in [5, 5.41) is 11.6. The zero-order valence-corrected chi connectivity index (χ0v) is 19.7. The number of ether oxygens (including phenoxy) is 2. The second-order valence-electron chi connectivity index (χ2n) is 7.30. The second-order valence-corrected chi connectivity index (χ2v) is 8.61. The fourth-order valence-corrected chi connectivity index (χ4v) is 4.18. The van der Waals surface area contributed by atoms with Crippen LogP contribution in [0.25, 0.3) is 17.1 Å².